The van der Waals surface area contributed by atoms with E-state index in [2.05, 4.69) is 35.0 Å². The summed E-state index contributed by atoms with van der Waals surface area (Å²) in [6, 6.07) is 14.4. The van der Waals surface area contributed by atoms with Gasteiger partial charge in [-0.25, -0.2) is 0 Å². The Morgan fingerprint density at radius 1 is 1.33 bits per heavy atom. The number of hydrogen-bond donors (Lipinski definition) is 1. The summed E-state index contributed by atoms with van der Waals surface area (Å²) in [5.41, 5.74) is 2.34. The molecule has 0 saturated carbocycles. The van der Waals surface area contributed by atoms with Crippen LogP contribution in [0.3, 0.4) is 0 Å². The number of aryl methyl sites for hydroxylation is 1. The van der Waals surface area contributed by atoms with Crippen LogP contribution < -0.4 is 5.32 Å². The maximum absolute atomic E-state index is 12.4. The van der Waals surface area contributed by atoms with Crippen molar-refractivity contribution in [2.75, 3.05) is 13.2 Å². The molecule has 3 aromatic rings. The minimum Gasteiger partial charge on any atom is -0.376 e. The average Bonchev–Trinajstić information content (AvgIpc) is 3.31. The molecule has 4 rings (SSSR count). The lowest BCUT2D eigenvalue weighted by molar-refractivity contribution is 0.0861. The molecule has 4 nitrogen and oxygen atoms in total. The van der Waals surface area contributed by atoms with E-state index in [-0.39, 0.29) is 12.0 Å². The molecule has 1 aromatic carbocycles. The summed E-state index contributed by atoms with van der Waals surface area (Å²) < 4.78 is 7.76. The molecule has 1 aliphatic heterocycles. The van der Waals surface area contributed by atoms with Crippen molar-refractivity contribution in [3.05, 3.63) is 53.0 Å². The van der Waals surface area contributed by atoms with Crippen molar-refractivity contribution in [1.29, 1.82) is 0 Å². The number of nitrogens with zero attached hydrogens (tertiary/aromatic N) is 1. The molecule has 1 fully saturated rings. The second-order valence-electron chi connectivity index (χ2n) is 6.16. The molecule has 0 spiro atoms. The third-order valence-corrected chi connectivity index (χ3v) is 5.51. The number of rotatable bonds is 4. The molecule has 0 bridgehead atoms. The van der Waals surface area contributed by atoms with Gasteiger partial charge in [0.2, 0.25) is 0 Å². The summed E-state index contributed by atoms with van der Waals surface area (Å²) in [5, 5.41) is 5.27. The number of aromatic nitrogens is 1. The highest BCUT2D eigenvalue weighted by Crippen LogP contribution is 2.28. The first kappa shape index (κ1) is 15.4. The van der Waals surface area contributed by atoms with Gasteiger partial charge in [0.25, 0.3) is 5.91 Å². The summed E-state index contributed by atoms with van der Waals surface area (Å²) in [6.45, 7) is 3.50. The van der Waals surface area contributed by atoms with Crippen LogP contribution in [0.15, 0.2) is 42.5 Å². The van der Waals surface area contributed by atoms with E-state index >= 15 is 0 Å². The van der Waals surface area contributed by atoms with Crippen LogP contribution in [0.4, 0.5) is 0 Å². The Bertz CT molecular complexity index is 875. The Morgan fingerprint density at radius 3 is 3.04 bits per heavy atom. The molecule has 3 heterocycles. The van der Waals surface area contributed by atoms with E-state index in [1.165, 1.54) is 27.9 Å². The molecule has 1 amide bonds. The fraction of sp³-hybridized carbons (Fsp3) is 0.316. The minimum absolute atomic E-state index is 0.0177. The fourth-order valence-electron chi connectivity index (χ4n) is 3.25. The van der Waals surface area contributed by atoms with Crippen LogP contribution in [-0.2, 0) is 4.74 Å². The molecule has 0 radical (unpaired) electrons. The molecule has 1 aliphatic rings. The molecule has 0 aliphatic carbocycles. The van der Waals surface area contributed by atoms with Gasteiger partial charge < -0.3 is 14.6 Å². The maximum Gasteiger partial charge on any atom is 0.261 e. The lowest BCUT2D eigenvalue weighted by atomic mass is 10.2. The van der Waals surface area contributed by atoms with Crippen LogP contribution in [0.2, 0.25) is 0 Å². The van der Waals surface area contributed by atoms with Crippen LogP contribution in [0, 0.1) is 6.92 Å². The average molecular weight is 340 g/mol. The minimum atomic E-state index is -0.0177. The zero-order valence-corrected chi connectivity index (χ0v) is 14.4. The Balaban J connectivity index is 1.55. The number of benzene rings is 1. The third kappa shape index (κ3) is 2.85. The lowest BCUT2D eigenvalue weighted by Gasteiger charge is -2.09. The van der Waals surface area contributed by atoms with Crippen LogP contribution in [-0.4, -0.2) is 29.7 Å². The van der Waals surface area contributed by atoms with Crippen LogP contribution in [0.1, 0.15) is 28.2 Å². The zero-order valence-electron chi connectivity index (χ0n) is 13.6. The van der Waals surface area contributed by atoms with Crippen molar-refractivity contribution in [3.63, 3.8) is 0 Å². The van der Waals surface area contributed by atoms with Crippen molar-refractivity contribution in [2.24, 2.45) is 0 Å². The maximum atomic E-state index is 12.4. The first-order valence-electron chi connectivity index (χ1n) is 8.29. The second-order valence-corrected chi connectivity index (χ2v) is 7.23. The van der Waals surface area contributed by atoms with E-state index in [4.69, 9.17) is 4.74 Å². The number of thiophene rings is 1. The molecule has 24 heavy (non-hydrogen) atoms. The van der Waals surface area contributed by atoms with Crippen LogP contribution in [0.5, 0.6) is 0 Å². The topological polar surface area (TPSA) is 43.3 Å². The smallest absolute Gasteiger partial charge is 0.261 e. The predicted octanol–water partition coefficient (Wildman–Crippen LogP) is 3.91. The lowest BCUT2D eigenvalue weighted by Crippen LogP contribution is -2.31. The molecule has 5 heteroatoms. The first-order chi connectivity index (χ1) is 11.7. The molecule has 1 saturated heterocycles. The van der Waals surface area contributed by atoms with Gasteiger partial charge >= 0.3 is 0 Å². The Hall–Kier alpha value is -2.11. The predicted molar refractivity (Wildman–Crippen MR) is 97.2 cm³/mol. The second kappa shape index (κ2) is 6.42. The van der Waals surface area contributed by atoms with Gasteiger partial charge in [-0.3, -0.25) is 4.79 Å². The number of carbonyl (C=O) groups is 1. The number of ether oxygens (including phenoxy) is 1. The number of nitrogens with one attached hydrogen (secondary N) is 1. The van der Waals surface area contributed by atoms with Crippen LogP contribution >= 0.6 is 11.3 Å². The quantitative estimate of drug-likeness (QED) is 0.782. The van der Waals surface area contributed by atoms with Crippen molar-refractivity contribution >= 4 is 28.1 Å². The van der Waals surface area contributed by atoms with Gasteiger partial charge in [-0.05, 0) is 44.0 Å². The van der Waals surface area contributed by atoms with E-state index < -0.39 is 0 Å². The van der Waals surface area contributed by atoms with Gasteiger partial charge in [0.1, 0.15) is 5.00 Å². The third-order valence-electron chi connectivity index (χ3n) is 4.45. The summed E-state index contributed by atoms with van der Waals surface area (Å²) in [5.74, 6) is -0.0177. The molecule has 1 atom stereocenters. The summed E-state index contributed by atoms with van der Waals surface area (Å²) >= 11 is 1.52. The Morgan fingerprint density at radius 2 is 2.21 bits per heavy atom. The molecule has 0 unspecified atom stereocenters. The molecular formula is C19H20N2O2S. The number of hydrogen-bond acceptors (Lipinski definition) is 3. The standard InChI is InChI=1S/C19H20N2O2S/c1-13-11-14-5-2-3-7-16(14)21(13)18-9-8-17(24-18)19(22)20-12-15-6-4-10-23-15/h2-3,5,7-9,11,15H,4,6,10,12H2,1H3,(H,20,22)/t15-/m1/s1. The van der Waals surface area contributed by atoms with Gasteiger partial charge in [0.05, 0.1) is 16.5 Å². The number of fused-ring (bicyclic) bond motifs is 1. The number of carbonyl (C=O) groups excluding carboxylic acids is 1. The Kier molecular flexibility index (Phi) is 4.12. The molecule has 1 N–H and O–H groups in total. The Labute approximate surface area is 145 Å². The van der Waals surface area contributed by atoms with Gasteiger partial charge in [-0.15, -0.1) is 11.3 Å². The highest BCUT2D eigenvalue weighted by atomic mass is 32.1. The van der Waals surface area contributed by atoms with Crippen molar-refractivity contribution in [1.82, 2.24) is 9.88 Å². The van der Waals surface area contributed by atoms with Crippen LogP contribution in [0.25, 0.3) is 15.9 Å². The van der Waals surface area contributed by atoms with Gasteiger partial charge in [0.15, 0.2) is 0 Å². The van der Waals surface area contributed by atoms with Gasteiger partial charge in [-0.1, -0.05) is 18.2 Å². The van der Waals surface area contributed by atoms with E-state index in [1.807, 2.05) is 24.3 Å². The molecule has 2 aromatic heterocycles. The largest absolute Gasteiger partial charge is 0.376 e. The first-order valence-corrected chi connectivity index (χ1v) is 9.11. The van der Waals surface area contributed by atoms with E-state index in [9.17, 15) is 4.79 Å². The van der Waals surface area contributed by atoms with Crippen molar-refractivity contribution < 1.29 is 9.53 Å². The zero-order chi connectivity index (χ0) is 16.5. The van der Waals surface area contributed by atoms with Gasteiger partial charge in [0, 0.05) is 24.2 Å². The summed E-state index contributed by atoms with van der Waals surface area (Å²) in [7, 11) is 0. The van der Waals surface area contributed by atoms with E-state index in [0.717, 1.165) is 29.3 Å². The normalized spacial score (nSPS) is 17.5. The van der Waals surface area contributed by atoms with E-state index in [1.54, 1.807) is 0 Å². The number of para-hydroxylation sites is 1. The summed E-state index contributed by atoms with van der Waals surface area (Å²) in [6.07, 6.45) is 2.29. The molecule has 124 valence electrons. The highest BCUT2D eigenvalue weighted by Gasteiger charge is 2.18. The van der Waals surface area contributed by atoms with Gasteiger partial charge in [-0.2, -0.15) is 0 Å². The van der Waals surface area contributed by atoms with Crippen molar-refractivity contribution in [2.45, 2.75) is 25.9 Å². The molecular weight excluding hydrogens is 320 g/mol. The van der Waals surface area contributed by atoms with E-state index in [0.29, 0.717) is 6.54 Å². The number of amides is 1. The summed E-state index contributed by atoms with van der Waals surface area (Å²) in [4.78, 5) is 13.1. The van der Waals surface area contributed by atoms with Crippen molar-refractivity contribution in [3.8, 4) is 5.00 Å². The highest BCUT2D eigenvalue weighted by molar-refractivity contribution is 7.16. The fourth-order valence-corrected chi connectivity index (χ4v) is 4.25. The monoisotopic (exact) mass is 340 g/mol. The SMILES string of the molecule is Cc1cc2ccccc2n1-c1ccc(C(=O)NC[C@H]2CCCO2)s1.